The number of nitrogen functional groups attached to an aromatic ring is 1. The second kappa shape index (κ2) is 21.1. The minimum absolute atomic E-state index is 0.0315. The lowest BCUT2D eigenvalue weighted by atomic mass is 9.79. The lowest BCUT2D eigenvalue weighted by Crippen LogP contribution is -2.71. The SMILES string of the molecule is CC(C)(C)OC(=O)N1CCC(N2CC/C(=C\C3=C(C(=O)OC(c4ccccc4)c4ccccc4)N4C(=O)C(NC(=O)C(=Nc5ccccc5C(O)(c5ccccc5)c5ccccc5)c5nsc(N)[nH+]5)C4SC3)C2=O)C1. The summed E-state index contributed by atoms with van der Waals surface area (Å²) in [5, 5.41) is 15.2. The molecule has 4 aliphatic rings. The number of hydrogen-bond donors (Lipinski definition) is 3. The number of carbonyl (C=O) groups is 5. The number of H-pyrrole nitrogens is 1. The number of ether oxygens (including phenoxy) is 2. The quantitative estimate of drug-likeness (QED) is 0.0349. The summed E-state index contributed by atoms with van der Waals surface area (Å²) in [5.74, 6) is -2.15. The molecule has 0 saturated carbocycles. The average molecular weight is 1040 g/mol. The van der Waals surface area contributed by atoms with E-state index >= 15 is 0 Å². The molecule has 4 amide bonds. The Balaban J connectivity index is 0.972. The molecular formula is C57H55N8O8S2+. The van der Waals surface area contributed by atoms with E-state index < -0.39 is 52.6 Å². The van der Waals surface area contributed by atoms with Crippen molar-refractivity contribution in [2.45, 2.75) is 68.4 Å². The molecule has 6 aromatic rings. The van der Waals surface area contributed by atoms with Crippen molar-refractivity contribution in [3.05, 3.63) is 202 Å². The highest BCUT2D eigenvalue weighted by molar-refractivity contribution is 8.00. The number of thioether (sulfide) groups is 1. The Labute approximate surface area is 442 Å². The van der Waals surface area contributed by atoms with Gasteiger partial charge in [0.05, 0.1) is 11.7 Å². The molecule has 0 radical (unpaired) electrons. The third-order valence-electron chi connectivity index (χ3n) is 13.5. The highest BCUT2D eigenvalue weighted by Crippen LogP contribution is 2.44. The number of anilines is 1. The average Bonchev–Trinajstić information content (AvgIpc) is 4.20. The number of rotatable bonds is 13. The molecule has 0 spiro atoms. The molecule has 75 heavy (non-hydrogen) atoms. The lowest BCUT2D eigenvalue weighted by molar-refractivity contribution is -0.359. The Kier molecular flexibility index (Phi) is 14.3. The number of carbonyl (C=O) groups excluding carboxylic acids is 5. The number of nitrogens with zero attached hydrogens (tertiary/aromatic N) is 5. The number of aromatic nitrogens is 2. The fraction of sp³-hybridized carbons (Fsp3) is 0.263. The standard InChI is InChI=1S/C57H54N8O8S2/c1-56(2,3)73-55(70)63-30-29-41(33-63)64-31-28-37(50(64)67)32-38-34-74-52-45(51(68)65(52)46(38)53(69)72-47(35-18-8-4-9-19-35)36-20-10-5-11-21-36)60-49(66)44(48-61-54(58)75-62-48)59-43-27-17-16-26-42(43)57(71,39-22-12-6-13-23-39)40-24-14-7-15-25-40/h4-27,32,41,45,47,52,71H,28-31,33-34H2,1-3H3,(H,60,66)(H2,58,61,62)/p+1/b37-32+,59-44?. The van der Waals surface area contributed by atoms with Crippen molar-refractivity contribution in [3.63, 3.8) is 0 Å². The van der Waals surface area contributed by atoms with Gasteiger partial charge in [-0.3, -0.25) is 19.3 Å². The molecule has 3 atom stereocenters. The predicted molar refractivity (Wildman–Crippen MR) is 284 cm³/mol. The summed E-state index contributed by atoms with van der Waals surface area (Å²) in [4.78, 5) is 84.2. The van der Waals surface area contributed by atoms with Crippen molar-refractivity contribution in [2.75, 3.05) is 31.1 Å². The van der Waals surface area contributed by atoms with Crippen molar-refractivity contribution in [1.29, 1.82) is 0 Å². The number of aliphatic imine (C=N–C) groups is 1. The second-order valence-corrected chi connectivity index (χ2v) is 21.5. The summed E-state index contributed by atoms with van der Waals surface area (Å²) in [6.07, 6.45) is 1.37. The summed E-state index contributed by atoms with van der Waals surface area (Å²) in [6, 6.07) is 42.4. The number of hydrogen-bond acceptors (Lipinski definition) is 13. The lowest BCUT2D eigenvalue weighted by Gasteiger charge is -2.49. The van der Waals surface area contributed by atoms with Gasteiger partial charge >= 0.3 is 23.0 Å². The fourth-order valence-corrected chi connectivity index (χ4v) is 11.7. The van der Waals surface area contributed by atoms with Gasteiger partial charge in [0.1, 0.15) is 39.8 Å². The summed E-state index contributed by atoms with van der Waals surface area (Å²) in [7, 11) is 0. The maximum Gasteiger partial charge on any atom is 0.410 e. The number of esters is 1. The van der Waals surface area contributed by atoms with Gasteiger partial charge in [-0.05, 0) is 78.0 Å². The summed E-state index contributed by atoms with van der Waals surface area (Å²) >= 11 is 2.25. The zero-order valence-electron chi connectivity index (χ0n) is 41.4. The Bertz CT molecular complexity index is 3160. The predicted octanol–water partition coefficient (Wildman–Crippen LogP) is 7.10. The van der Waals surface area contributed by atoms with Crippen LogP contribution < -0.4 is 16.0 Å². The number of nitrogens with one attached hydrogen (secondary N) is 2. The summed E-state index contributed by atoms with van der Waals surface area (Å²) < 4.78 is 16.4. The normalized spacial score (nSPS) is 19.6. The molecule has 1 aromatic heterocycles. The molecule has 382 valence electrons. The van der Waals surface area contributed by atoms with Crippen molar-refractivity contribution >= 4 is 69.6 Å². The van der Waals surface area contributed by atoms with Crippen LogP contribution in [0.25, 0.3) is 0 Å². The molecule has 0 bridgehead atoms. The van der Waals surface area contributed by atoms with Gasteiger partial charge in [-0.1, -0.05) is 140 Å². The molecule has 3 saturated heterocycles. The van der Waals surface area contributed by atoms with Gasteiger partial charge in [0, 0.05) is 36.5 Å². The van der Waals surface area contributed by atoms with Crippen LogP contribution in [0.15, 0.2) is 174 Å². The van der Waals surface area contributed by atoms with Crippen LogP contribution in [0.4, 0.5) is 15.6 Å². The zero-order chi connectivity index (χ0) is 52.4. The van der Waals surface area contributed by atoms with E-state index in [0.717, 1.165) is 11.5 Å². The van der Waals surface area contributed by atoms with Crippen molar-refractivity contribution in [1.82, 2.24) is 24.4 Å². The molecular weight excluding hydrogens is 989 g/mol. The Morgan fingerprint density at radius 1 is 0.853 bits per heavy atom. The van der Waals surface area contributed by atoms with E-state index in [1.165, 1.54) is 16.7 Å². The van der Waals surface area contributed by atoms with Crippen LogP contribution in [0.2, 0.25) is 0 Å². The van der Waals surface area contributed by atoms with Gasteiger partial charge in [0.2, 0.25) is 11.6 Å². The first-order chi connectivity index (χ1) is 36.2. The summed E-state index contributed by atoms with van der Waals surface area (Å²) in [5.41, 5.74) is 7.54. The molecule has 18 heteroatoms. The Morgan fingerprint density at radius 2 is 1.45 bits per heavy atom. The first-order valence-electron chi connectivity index (χ1n) is 24.6. The van der Waals surface area contributed by atoms with E-state index in [9.17, 15) is 29.1 Å². The number of fused-ring (bicyclic) bond motifs is 1. The van der Waals surface area contributed by atoms with Crippen LogP contribution in [-0.4, -0.2) is 108 Å². The van der Waals surface area contributed by atoms with Gasteiger partial charge in [0.15, 0.2) is 6.10 Å². The number of aromatic amines is 1. The smallest absolute Gasteiger partial charge is 0.410 e. The maximum absolute atomic E-state index is 15.0. The monoisotopic (exact) mass is 1040 g/mol. The van der Waals surface area contributed by atoms with Gasteiger partial charge in [-0.25, -0.2) is 19.6 Å². The highest BCUT2D eigenvalue weighted by Gasteiger charge is 2.55. The number of β-lactam (4-membered cyclic amide) rings is 1. The number of likely N-dealkylation sites (tertiary alicyclic amines) is 2. The molecule has 5 N–H and O–H groups in total. The molecule has 16 nitrogen and oxygen atoms in total. The Morgan fingerprint density at radius 3 is 2.05 bits per heavy atom. The molecule has 3 unspecified atom stereocenters. The fourth-order valence-electron chi connectivity index (χ4n) is 9.92. The minimum atomic E-state index is -1.72. The van der Waals surface area contributed by atoms with Crippen LogP contribution in [0.1, 0.15) is 73.4 Å². The van der Waals surface area contributed by atoms with Crippen LogP contribution in [0, 0.1) is 0 Å². The van der Waals surface area contributed by atoms with Crippen molar-refractivity contribution < 1.29 is 43.5 Å². The number of amides is 4. The van der Waals surface area contributed by atoms with Crippen LogP contribution in [0.5, 0.6) is 0 Å². The van der Waals surface area contributed by atoms with E-state index in [0.29, 0.717) is 71.4 Å². The molecule has 5 aromatic carbocycles. The largest absolute Gasteiger partial charge is 0.448 e. The molecule has 4 aliphatic heterocycles. The van der Waals surface area contributed by atoms with Gasteiger partial charge in [0.25, 0.3) is 11.8 Å². The third-order valence-corrected chi connectivity index (χ3v) is 15.4. The minimum Gasteiger partial charge on any atom is -0.448 e. The van der Waals surface area contributed by atoms with Crippen LogP contribution >= 0.6 is 23.3 Å². The number of nitrogens with two attached hydrogens (primary N) is 1. The molecule has 0 aliphatic carbocycles. The zero-order valence-corrected chi connectivity index (χ0v) is 43.1. The van der Waals surface area contributed by atoms with Gasteiger partial charge < -0.3 is 35.4 Å². The van der Waals surface area contributed by atoms with Gasteiger partial charge in [-0.15, -0.1) is 11.8 Å². The van der Waals surface area contributed by atoms with Crippen molar-refractivity contribution in [3.8, 4) is 0 Å². The van der Waals surface area contributed by atoms with Crippen molar-refractivity contribution in [2.24, 2.45) is 4.99 Å². The first kappa shape index (κ1) is 50.6. The summed E-state index contributed by atoms with van der Waals surface area (Å²) in [6.45, 7) is 6.62. The molecule has 10 rings (SSSR count). The van der Waals surface area contributed by atoms with E-state index in [1.54, 1.807) is 40.1 Å². The van der Waals surface area contributed by atoms with E-state index in [4.69, 9.17) is 20.2 Å². The number of aliphatic hydroxyl groups is 1. The second-order valence-electron chi connectivity index (χ2n) is 19.6. The van der Waals surface area contributed by atoms with E-state index in [-0.39, 0.29) is 45.8 Å². The Hall–Kier alpha value is -7.93. The maximum atomic E-state index is 15.0. The van der Waals surface area contributed by atoms with E-state index in [1.807, 2.05) is 142 Å². The number of para-hydroxylation sites is 1. The molecule has 5 heterocycles. The van der Waals surface area contributed by atoms with Gasteiger partial charge in [-0.2, -0.15) is 0 Å². The molecule has 3 fully saturated rings. The topological polar surface area (TPSA) is 211 Å². The van der Waals surface area contributed by atoms with Crippen LogP contribution in [-0.2, 0) is 34.3 Å². The van der Waals surface area contributed by atoms with E-state index in [2.05, 4.69) is 14.7 Å². The number of benzene rings is 5. The highest BCUT2D eigenvalue weighted by atomic mass is 32.2. The third kappa shape index (κ3) is 10.3. The first-order valence-corrected chi connectivity index (χ1v) is 26.5. The van der Waals surface area contributed by atoms with Crippen LogP contribution in [0.3, 0.4) is 0 Å². The number of allylic oxidation sites excluding steroid dienone is 1.